The van der Waals surface area contributed by atoms with Crippen LogP contribution in [0.5, 0.6) is 0 Å². The number of rotatable bonds is 12. The molecule has 0 aliphatic rings. The van der Waals surface area contributed by atoms with Gasteiger partial charge in [0.05, 0.1) is 0 Å². The summed E-state index contributed by atoms with van der Waals surface area (Å²) in [4.78, 5) is 13.2. The number of carbonyl (C=O) groups is 1. The monoisotopic (exact) mass is 295 g/mol. The van der Waals surface area contributed by atoms with Gasteiger partial charge in [-0.15, -0.1) is 0 Å². The zero-order valence-electron chi connectivity index (χ0n) is 13.4. The number of carboxylic acids is 1. The topological polar surface area (TPSA) is 69.2 Å². The minimum absolute atomic E-state index is 0.0946. The highest BCUT2D eigenvalue weighted by Gasteiger charge is 2.13. The van der Waals surface area contributed by atoms with Crippen LogP contribution in [0.2, 0.25) is 0 Å². The molecule has 0 aliphatic heterocycles. The van der Waals surface area contributed by atoms with Crippen molar-refractivity contribution in [2.45, 2.75) is 65.2 Å². The van der Waals surface area contributed by atoms with Crippen molar-refractivity contribution in [3.8, 4) is 0 Å². The summed E-state index contributed by atoms with van der Waals surface area (Å²) < 4.78 is 0. The van der Waals surface area contributed by atoms with Gasteiger partial charge in [-0.25, -0.2) is 4.79 Å². The lowest BCUT2D eigenvalue weighted by molar-refractivity contribution is 0.0690. The number of aromatic amines is 1. The summed E-state index contributed by atoms with van der Waals surface area (Å²) >= 11 is 0. The first kappa shape index (κ1) is 17.5. The molecule has 0 unspecified atom stereocenters. The zero-order valence-corrected chi connectivity index (χ0v) is 13.4. The quantitative estimate of drug-likeness (QED) is 0.570. The fourth-order valence-electron chi connectivity index (χ4n) is 2.39. The second-order valence-corrected chi connectivity index (χ2v) is 5.55. The van der Waals surface area contributed by atoms with Gasteiger partial charge >= 0.3 is 5.97 Å². The predicted octanol–water partition coefficient (Wildman–Crippen LogP) is 4.07. The van der Waals surface area contributed by atoms with Gasteiger partial charge in [-0.05, 0) is 12.8 Å². The van der Waals surface area contributed by atoms with Crippen LogP contribution >= 0.6 is 0 Å². The molecule has 0 bridgehead atoms. The molecule has 0 spiro atoms. The fourth-order valence-corrected chi connectivity index (χ4v) is 2.39. The van der Waals surface area contributed by atoms with E-state index in [1.54, 1.807) is 6.07 Å². The van der Waals surface area contributed by atoms with E-state index in [2.05, 4.69) is 28.9 Å². The summed E-state index contributed by atoms with van der Waals surface area (Å²) in [6, 6.07) is 1.64. The van der Waals surface area contributed by atoms with Crippen molar-refractivity contribution in [2.24, 2.45) is 0 Å². The standard InChI is InChI=1S/C16H29N3O2/c1-3-5-7-9-11-19(12-10-8-6-4-2)15-13-14(16(20)21)17-18-15/h13H,3-12H2,1-2H3,(H,17,18)(H,20,21). The lowest BCUT2D eigenvalue weighted by Crippen LogP contribution is -2.26. The number of hydrogen-bond acceptors (Lipinski definition) is 3. The summed E-state index contributed by atoms with van der Waals surface area (Å²) in [5.41, 5.74) is 0.0946. The highest BCUT2D eigenvalue weighted by molar-refractivity contribution is 5.86. The predicted molar refractivity (Wildman–Crippen MR) is 86.0 cm³/mol. The van der Waals surface area contributed by atoms with Crippen molar-refractivity contribution in [3.05, 3.63) is 11.8 Å². The molecule has 1 aromatic rings. The van der Waals surface area contributed by atoms with Crippen molar-refractivity contribution in [2.75, 3.05) is 18.0 Å². The van der Waals surface area contributed by atoms with E-state index in [0.29, 0.717) is 0 Å². The Hall–Kier alpha value is -1.52. The second-order valence-electron chi connectivity index (χ2n) is 5.55. The van der Waals surface area contributed by atoms with Crippen molar-refractivity contribution in [1.82, 2.24) is 10.2 Å². The van der Waals surface area contributed by atoms with Crippen LogP contribution in [0.4, 0.5) is 5.82 Å². The molecule has 120 valence electrons. The smallest absolute Gasteiger partial charge is 0.356 e. The van der Waals surface area contributed by atoms with Crippen LogP contribution in [0, 0.1) is 0 Å². The average Bonchev–Trinajstić information content (AvgIpc) is 2.95. The summed E-state index contributed by atoms with van der Waals surface area (Å²) in [6.07, 6.45) is 9.70. The third kappa shape index (κ3) is 6.65. The van der Waals surface area contributed by atoms with Gasteiger partial charge in [-0.3, -0.25) is 5.10 Å². The number of unbranched alkanes of at least 4 members (excludes halogenated alkanes) is 6. The van der Waals surface area contributed by atoms with Crippen LogP contribution in [0.3, 0.4) is 0 Å². The Labute approximate surface area is 127 Å². The highest BCUT2D eigenvalue weighted by atomic mass is 16.4. The van der Waals surface area contributed by atoms with E-state index in [4.69, 9.17) is 5.11 Å². The maximum atomic E-state index is 10.9. The van der Waals surface area contributed by atoms with Gasteiger partial charge in [-0.1, -0.05) is 52.4 Å². The van der Waals surface area contributed by atoms with Crippen molar-refractivity contribution >= 4 is 11.8 Å². The number of anilines is 1. The molecule has 1 heterocycles. The number of carboxylic acid groups (broad SMARTS) is 1. The summed E-state index contributed by atoms with van der Waals surface area (Å²) in [5, 5.41) is 15.7. The normalized spacial score (nSPS) is 10.8. The molecule has 0 fully saturated rings. The minimum atomic E-state index is -0.977. The molecule has 5 nitrogen and oxygen atoms in total. The number of aromatic nitrogens is 2. The molecule has 1 rings (SSSR count). The molecule has 0 radical (unpaired) electrons. The summed E-state index contributed by atoms with van der Waals surface area (Å²) in [6.45, 7) is 6.34. The van der Waals surface area contributed by atoms with Gasteiger partial charge in [0.15, 0.2) is 5.69 Å². The zero-order chi connectivity index (χ0) is 15.5. The molecule has 0 atom stereocenters. The van der Waals surface area contributed by atoms with Crippen molar-refractivity contribution < 1.29 is 9.90 Å². The van der Waals surface area contributed by atoms with Gasteiger partial charge in [0.2, 0.25) is 0 Å². The molecular formula is C16H29N3O2. The molecule has 0 aromatic carbocycles. The first-order chi connectivity index (χ1) is 10.2. The Morgan fingerprint density at radius 3 is 2.10 bits per heavy atom. The highest BCUT2D eigenvalue weighted by Crippen LogP contribution is 2.15. The van der Waals surface area contributed by atoms with Crippen molar-refractivity contribution in [1.29, 1.82) is 0 Å². The van der Waals surface area contributed by atoms with Crippen LogP contribution in [-0.4, -0.2) is 34.4 Å². The molecule has 1 aromatic heterocycles. The SMILES string of the molecule is CCCCCCN(CCCCCC)c1cc(C(=O)O)n[nH]1. The molecule has 0 saturated carbocycles. The maximum Gasteiger partial charge on any atom is 0.356 e. The number of nitrogens with zero attached hydrogens (tertiary/aromatic N) is 2. The summed E-state index contributed by atoms with van der Waals surface area (Å²) in [7, 11) is 0. The van der Waals surface area contributed by atoms with Gasteiger partial charge in [0, 0.05) is 19.2 Å². The Morgan fingerprint density at radius 1 is 1.10 bits per heavy atom. The minimum Gasteiger partial charge on any atom is -0.476 e. The number of H-pyrrole nitrogens is 1. The van der Waals surface area contributed by atoms with E-state index in [1.807, 2.05) is 0 Å². The largest absolute Gasteiger partial charge is 0.476 e. The van der Waals surface area contributed by atoms with E-state index >= 15 is 0 Å². The Balaban J connectivity index is 2.54. The fraction of sp³-hybridized carbons (Fsp3) is 0.750. The maximum absolute atomic E-state index is 10.9. The van der Waals surface area contributed by atoms with Gasteiger partial charge in [-0.2, -0.15) is 5.10 Å². The molecule has 2 N–H and O–H groups in total. The van der Waals surface area contributed by atoms with E-state index in [1.165, 1.54) is 38.5 Å². The van der Waals surface area contributed by atoms with Crippen LogP contribution in [0.15, 0.2) is 6.07 Å². The molecule has 0 aliphatic carbocycles. The Bertz CT molecular complexity index is 392. The van der Waals surface area contributed by atoms with Crippen LogP contribution in [0.1, 0.15) is 75.7 Å². The molecule has 0 amide bonds. The van der Waals surface area contributed by atoms with Gasteiger partial charge in [0.1, 0.15) is 5.82 Å². The molecule has 21 heavy (non-hydrogen) atoms. The second kappa shape index (κ2) is 10.2. The number of hydrogen-bond donors (Lipinski definition) is 2. The Kier molecular flexibility index (Phi) is 8.55. The summed E-state index contributed by atoms with van der Waals surface area (Å²) in [5.74, 6) is -0.144. The van der Waals surface area contributed by atoms with Crippen LogP contribution in [0.25, 0.3) is 0 Å². The lowest BCUT2D eigenvalue weighted by Gasteiger charge is -2.22. The molecular weight excluding hydrogens is 266 g/mol. The number of aromatic carboxylic acids is 1. The van der Waals surface area contributed by atoms with Gasteiger partial charge < -0.3 is 10.0 Å². The third-order valence-electron chi connectivity index (χ3n) is 3.69. The average molecular weight is 295 g/mol. The van der Waals surface area contributed by atoms with E-state index in [9.17, 15) is 4.79 Å². The van der Waals surface area contributed by atoms with Gasteiger partial charge in [0.25, 0.3) is 0 Å². The van der Waals surface area contributed by atoms with E-state index in [0.717, 1.165) is 31.7 Å². The first-order valence-corrected chi connectivity index (χ1v) is 8.22. The van der Waals surface area contributed by atoms with Crippen LogP contribution in [-0.2, 0) is 0 Å². The Morgan fingerprint density at radius 2 is 1.67 bits per heavy atom. The molecule has 0 saturated heterocycles. The first-order valence-electron chi connectivity index (χ1n) is 8.22. The molecule has 5 heteroatoms. The third-order valence-corrected chi connectivity index (χ3v) is 3.69. The lowest BCUT2D eigenvalue weighted by atomic mass is 10.1. The number of nitrogens with one attached hydrogen (secondary N) is 1. The van der Waals surface area contributed by atoms with Crippen LogP contribution < -0.4 is 4.90 Å². The van der Waals surface area contributed by atoms with E-state index < -0.39 is 5.97 Å². The van der Waals surface area contributed by atoms with E-state index in [-0.39, 0.29) is 5.69 Å². The van der Waals surface area contributed by atoms with Crippen molar-refractivity contribution in [3.63, 3.8) is 0 Å².